The summed E-state index contributed by atoms with van der Waals surface area (Å²) < 4.78 is 0. The van der Waals surface area contributed by atoms with Crippen LogP contribution in [0.3, 0.4) is 0 Å². The monoisotopic (exact) mass is 393 g/mol. The van der Waals surface area contributed by atoms with Gasteiger partial charge in [-0.3, -0.25) is 14.9 Å². The average molecular weight is 393 g/mol. The molecule has 1 aliphatic rings. The summed E-state index contributed by atoms with van der Waals surface area (Å²) in [7, 11) is 0. The predicted molar refractivity (Wildman–Crippen MR) is 106 cm³/mol. The van der Waals surface area contributed by atoms with Crippen LogP contribution in [-0.4, -0.2) is 28.9 Å². The number of nitrogens with zero attached hydrogens (tertiary/aromatic N) is 1. The molecular formula is C21H19N3O5. The van der Waals surface area contributed by atoms with Gasteiger partial charge in [-0.05, 0) is 44.2 Å². The minimum absolute atomic E-state index is 0.0568. The molecule has 3 N–H and O–H groups in total. The Labute approximate surface area is 166 Å². The number of imide groups is 2. The third-order valence-corrected chi connectivity index (χ3v) is 4.48. The number of carbonyl (C=O) groups is 4. The number of barbiturate groups is 1. The van der Waals surface area contributed by atoms with Crippen LogP contribution in [0.1, 0.15) is 22.8 Å². The fourth-order valence-electron chi connectivity index (χ4n) is 3.00. The van der Waals surface area contributed by atoms with Crippen molar-refractivity contribution in [1.82, 2.24) is 5.32 Å². The standard InChI is InChI=1S/C21H19N3O5/c1-3-16(22-14-6-4-5-13(11-14)20(27)28)17-18(25)23-21(29)24(19(17)26)15-9-7-12(2)8-10-15/h3-11,17,22H,1-2H3,(H,27,28)(H,23,25,29)/b16-3+/t17-/m1/s1. The molecule has 1 saturated heterocycles. The molecule has 0 saturated carbocycles. The lowest BCUT2D eigenvalue weighted by Crippen LogP contribution is -2.59. The first kappa shape index (κ1) is 19.8. The normalized spacial score (nSPS) is 17.2. The average Bonchev–Trinajstić information content (AvgIpc) is 2.68. The zero-order chi connectivity index (χ0) is 21.1. The topological polar surface area (TPSA) is 116 Å². The van der Waals surface area contributed by atoms with Gasteiger partial charge in [-0.25, -0.2) is 14.5 Å². The van der Waals surface area contributed by atoms with E-state index in [4.69, 9.17) is 5.11 Å². The van der Waals surface area contributed by atoms with E-state index < -0.39 is 29.7 Å². The minimum Gasteiger partial charge on any atom is -0.478 e. The van der Waals surface area contributed by atoms with E-state index >= 15 is 0 Å². The smallest absolute Gasteiger partial charge is 0.335 e. The molecule has 148 valence electrons. The fourth-order valence-corrected chi connectivity index (χ4v) is 3.00. The Kier molecular flexibility index (Phi) is 5.45. The van der Waals surface area contributed by atoms with E-state index in [1.165, 1.54) is 12.1 Å². The molecule has 1 atom stereocenters. The Hall–Kier alpha value is -3.94. The number of amides is 4. The summed E-state index contributed by atoms with van der Waals surface area (Å²) in [5.41, 5.74) is 2.00. The molecule has 1 aliphatic heterocycles. The second kappa shape index (κ2) is 7.97. The van der Waals surface area contributed by atoms with E-state index in [0.29, 0.717) is 11.4 Å². The van der Waals surface area contributed by atoms with Crippen LogP contribution in [0.5, 0.6) is 0 Å². The van der Waals surface area contributed by atoms with Gasteiger partial charge in [0.2, 0.25) is 5.91 Å². The van der Waals surface area contributed by atoms with Gasteiger partial charge in [-0.15, -0.1) is 0 Å². The molecule has 4 amide bonds. The highest BCUT2D eigenvalue weighted by molar-refractivity contribution is 6.29. The first-order chi connectivity index (χ1) is 13.8. The first-order valence-corrected chi connectivity index (χ1v) is 8.84. The fraction of sp³-hybridized carbons (Fsp3) is 0.143. The van der Waals surface area contributed by atoms with Crippen LogP contribution in [0, 0.1) is 12.8 Å². The largest absolute Gasteiger partial charge is 0.478 e. The Morgan fingerprint density at radius 1 is 1.14 bits per heavy atom. The molecule has 0 unspecified atom stereocenters. The molecule has 0 aliphatic carbocycles. The number of hydrogen-bond donors (Lipinski definition) is 3. The molecule has 1 heterocycles. The second-order valence-electron chi connectivity index (χ2n) is 6.49. The van der Waals surface area contributed by atoms with Gasteiger partial charge >= 0.3 is 12.0 Å². The highest BCUT2D eigenvalue weighted by atomic mass is 16.4. The lowest BCUT2D eigenvalue weighted by atomic mass is 9.99. The Balaban J connectivity index is 1.92. The van der Waals surface area contributed by atoms with E-state index in [9.17, 15) is 19.2 Å². The Morgan fingerprint density at radius 2 is 1.83 bits per heavy atom. The highest BCUT2D eigenvalue weighted by Gasteiger charge is 2.43. The molecule has 0 bridgehead atoms. The lowest BCUT2D eigenvalue weighted by molar-refractivity contribution is -0.132. The maximum absolute atomic E-state index is 13.1. The number of aryl methyl sites for hydroxylation is 1. The van der Waals surface area contributed by atoms with Gasteiger partial charge in [0.15, 0.2) is 5.92 Å². The predicted octanol–water partition coefficient (Wildman–Crippen LogP) is 2.91. The molecule has 0 aromatic heterocycles. The number of carboxylic acid groups (broad SMARTS) is 1. The van der Waals surface area contributed by atoms with E-state index in [1.54, 1.807) is 49.4 Å². The number of nitrogens with one attached hydrogen (secondary N) is 2. The van der Waals surface area contributed by atoms with Gasteiger partial charge in [0, 0.05) is 11.4 Å². The number of rotatable bonds is 5. The summed E-state index contributed by atoms with van der Waals surface area (Å²) >= 11 is 0. The third kappa shape index (κ3) is 4.01. The SMILES string of the molecule is C/C=C(/Nc1cccc(C(=O)O)c1)[C@@H]1C(=O)NC(=O)N(c2ccc(C)cc2)C1=O. The van der Waals surface area contributed by atoms with E-state index in [2.05, 4.69) is 10.6 Å². The molecular weight excluding hydrogens is 374 g/mol. The molecule has 2 aromatic carbocycles. The van der Waals surface area contributed by atoms with Gasteiger partial charge in [-0.2, -0.15) is 0 Å². The number of aromatic carboxylic acids is 1. The van der Waals surface area contributed by atoms with Crippen molar-refractivity contribution < 1.29 is 24.3 Å². The Bertz CT molecular complexity index is 1030. The zero-order valence-electron chi connectivity index (χ0n) is 15.8. The van der Waals surface area contributed by atoms with E-state index in [-0.39, 0.29) is 11.3 Å². The number of hydrogen-bond acceptors (Lipinski definition) is 5. The Morgan fingerprint density at radius 3 is 2.45 bits per heavy atom. The zero-order valence-corrected chi connectivity index (χ0v) is 15.8. The van der Waals surface area contributed by atoms with Crippen LogP contribution in [0.4, 0.5) is 16.2 Å². The van der Waals surface area contributed by atoms with Gasteiger partial charge < -0.3 is 10.4 Å². The van der Waals surface area contributed by atoms with Gasteiger partial charge in [0.1, 0.15) is 0 Å². The number of allylic oxidation sites excluding steroid dienone is 1. The summed E-state index contributed by atoms with van der Waals surface area (Å²) in [5, 5.41) is 14.3. The maximum Gasteiger partial charge on any atom is 0.335 e. The number of carboxylic acids is 1. The third-order valence-electron chi connectivity index (χ3n) is 4.48. The molecule has 8 heteroatoms. The number of benzene rings is 2. The van der Waals surface area contributed by atoms with Crippen molar-refractivity contribution in [2.75, 3.05) is 10.2 Å². The molecule has 29 heavy (non-hydrogen) atoms. The first-order valence-electron chi connectivity index (χ1n) is 8.84. The van der Waals surface area contributed by atoms with E-state index in [1.807, 2.05) is 6.92 Å². The molecule has 2 aromatic rings. The summed E-state index contributed by atoms with van der Waals surface area (Å²) in [6.07, 6.45) is 1.54. The quantitative estimate of drug-likeness (QED) is 0.673. The maximum atomic E-state index is 13.1. The summed E-state index contributed by atoms with van der Waals surface area (Å²) in [6, 6.07) is 11.9. The molecule has 1 fully saturated rings. The van der Waals surface area contributed by atoms with Crippen LogP contribution in [-0.2, 0) is 9.59 Å². The van der Waals surface area contributed by atoms with Crippen molar-refractivity contribution in [1.29, 1.82) is 0 Å². The lowest BCUT2D eigenvalue weighted by Gasteiger charge is -2.31. The van der Waals surface area contributed by atoms with Crippen molar-refractivity contribution in [2.24, 2.45) is 5.92 Å². The number of urea groups is 1. The van der Waals surface area contributed by atoms with E-state index in [0.717, 1.165) is 10.5 Å². The van der Waals surface area contributed by atoms with Crippen LogP contribution >= 0.6 is 0 Å². The van der Waals surface area contributed by atoms with Crippen LogP contribution < -0.4 is 15.5 Å². The summed E-state index contributed by atoms with van der Waals surface area (Å²) in [4.78, 5) is 49.9. The second-order valence-corrected chi connectivity index (χ2v) is 6.49. The number of carbonyl (C=O) groups excluding carboxylic acids is 3. The van der Waals surface area contributed by atoms with Crippen LogP contribution in [0.15, 0.2) is 60.3 Å². The number of anilines is 2. The summed E-state index contributed by atoms with van der Waals surface area (Å²) in [5.74, 6) is -3.83. The van der Waals surface area contributed by atoms with Crippen molar-refractivity contribution in [2.45, 2.75) is 13.8 Å². The van der Waals surface area contributed by atoms with Crippen molar-refractivity contribution >= 4 is 35.2 Å². The molecule has 0 radical (unpaired) electrons. The summed E-state index contributed by atoms with van der Waals surface area (Å²) in [6.45, 7) is 3.51. The highest BCUT2D eigenvalue weighted by Crippen LogP contribution is 2.26. The van der Waals surface area contributed by atoms with Crippen molar-refractivity contribution in [3.05, 3.63) is 71.4 Å². The molecule has 8 nitrogen and oxygen atoms in total. The van der Waals surface area contributed by atoms with Gasteiger partial charge in [-0.1, -0.05) is 29.8 Å². The molecule has 3 rings (SSSR count). The van der Waals surface area contributed by atoms with Gasteiger partial charge in [0.25, 0.3) is 5.91 Å². The molecule has 0 spiro atoms. The van der Waals surface area contributed by atoms with Crippen LogP contribution in [0.25, 0.3) is 0 Å². The van der Waals surface area contributed by atoms with Crippen molar-refractivity contribution in [3.8, 4) is 0 Å². The van der Waals surface area contributed by atoms with Crippen LogP contribution in [0.2, 0.25) is 0 Å². The minimum atomic E-state index is -1.28. The van der Waals surface area contributed by atoms with Gasteiger partial charge in [0.05, 0.1) is 11.3 Å². The van der Waals surface area contributed by atoms with Crippen molar-refractivity contribution in [3.63, 3.8) is 0 Å².